The van der Waals surface area contributed by atoms with Crippen molar-refractivity contribution in [3.05, 3.63) is 34.3 Å². The van der Waals surface area contributed by atoms with Crippen LogP contribution < -0.4 is 16.4 Å². The molecule has 0 unspecified atom stereocenters. The van der Waals surface area contributed by atoms with Gasteiger partial charge in [0.05, 0.1) is 0 Å². The Bertz CT molecular complexity index is 438. The topological polar surface area (TPSA) is 84.2 Å². The van der Waals surface area contributed by atoms with Crippen LogP contribution in [0.25, 0.3) is 0 Å². The van der Waals surface area contributed by atoms with E-state index in [1.165, 1.54) is 0 Å². The molecule has 1 aromatic carbocycles. The molecule has 0 fully saturated rings. The van der Waals surface area contributed by atoms with Gasteiger partial charge in [-0.25, -0.2) is 0 Å². The molecule has 0 radical (unpaired) electrons. The standard InChI is InChI=1S/C13H18BrN3O2/c14-11-4-1-3-10(9-11)13(19)17-8-2-7-16-12(18)5-6-15/h1,3-4,9H,2,5-8,15H2,(H,16,18)(H,17,19). The summed E-state index contributed by atoms with van der Waals surface area (Å²) in [5, 5.41) is 5.52. The summed E-state index contributed by atoms with van der Waals surface area (Å²) in [4.78, 5) is 22.9. The van der Waals surface area contributed by atoms with Crippen molar-refractivity contribution in [1.29, 1.82) is 0 Å². The van der Waals surface area contributed by atoms with Crippen LogP contribution in [0.5, 0.6) is 0 Å². The SMILES string of the molecule is NCCC(=O)NCCCNC(=O)c1cccc(Br)c1. The van der Waals surface area contributed by atoms with Gasteiger partial charge in [-0.3, -0.25) is 9.59 Å². The van der Waals surface area contributed by atoms with Gasteiger partial charge in [-0.05, 0) is 24.6 Å². The second-order valence-corrected chi connectivity index (χ2v) is 4.92. The van der Waals surface area contributed by atoms with Gasteiger partial charge in [-0.2, -0.15) is 0 Å². The first-order chi connectivity index (χ1) is 9.13. The fraction of sp³-hybridized carbons (Fsp3) is 0.385. The number of nitrogens with two attached hydrogens (primary N) is 1. The Kier molecular flexibility index (Phi) is 7.14. The molecule has 0 aliphatic rings. The van der Waals surface area contributed by atoms with Crippen LogP contribution in [0.15, 0.2) is 28.7 Å². The van der Waals surface area contributed by atoms with Crippen LogP contribution in [-0.2, 0) is 4.79 Å². The van der Waals surface area contributed by atoms with Gasteiger partial charge in [0.25, 0.3) is 5.91 Å². The molecule has 0 aliphatic heterocycles. The average molecular weight is 328 g/mol. The van der Waals surface area contributed by atoms with Crippen LogP contribution in [0.1, 0.15) is 23.2 Å². The van der Waals surface area contributed by atoms with Gasteiger partial charge >= 0.3 is 0 Å². The quantitative estimate of drug-likeness (QED) is 0.654. The summed E-state index contributed by atoms with van der Waals surface area (Å²) in [5.41, 5.74) is 5.87. The highest BCUT2D eigenvalue weighted by Gasteiger charge is 2.04. The van der Waals surface area contributed by atoms with Crippen LogP contribution in [0.2, 0.25) is 0 Å². The molecule has 19 heavy (non-hydrogen) atoms. The van der Waals surface area contributed by atoms with E-state index in [2.05, 4.69) is 26.6 Å². The van der Waals surface area contributed by atoms with Gasteiger partial charge in [-0.1, -0.05) is 22.0 Å². The number of hydrogen-bond donors (Lipinski definition) is 3. The zero-order valence-electron chi connectivity index (χ0n) is 10.6. The largest absolute Gasteiger partial charge is 0.356 e. The molecule has 0 atom stereocenters. The number of benzene rings is 1. The molecule has 5 nitrogen and oxygen atoms in total. The first-order valence-corrected chi connectivity index (χ1v) is 6.93. The van der Waals surface area contributed by atoms with E-state index >= 15 is 0 Å². The third-order valence-corrected chi connectivity index (χ3v) is 2.91. The van der Waals surface area contributed by atoms with Crippen LogP contribution in [-0.4, -0.2) is 31.4 Å². The van der Waals surface area contributed by atoms with Crippen molar-refractivity contribution in [2.45, 2.75) is 12.8 Å². The van der Waals surface area contributed by atoms with E-state index in [-0.39, 0.29) is 11.8 Å². The van der Waals surface area contributed by atoms with Crippen LogP contribution in [0.4, 0.5) is 0 Å². The molecule has 104 valence electrons. The monoisotopic (exact) mass is 327 g/mol. The molecule has 0 spiro atoms. The number of amides is 2. The van der Waals surface area contributed by atoms with E-state index in [4.69, 9.17) is 5.73 Å². The smallest absolute Gasteiger partial charge is 0.251 e. The highest BCUT2D eigenvalue weighted by Crippen LogP contribution is 2.11. The molecule has 0 heterocycles. The highest BCUT2D eigenvalue weighted by molar-refractivity contribution is 9.10. The zero-order chi connectivity index (χ0) is 14.1. The molecule has 0 saturated carbocycles. The third-order valence-electron chi connectivity index (χ3n) is 2.42. The molecule has 2 amide bonds. The molecule has 6 heteroatoms. The molecule has 1 aromatic rings. The van der Waals surface area contributed by atoms with Crippen LogP contribution >= 0.6 is 15.9 Å². The van der Waals surface area contributed by atoms with Gasteiger partial charge in [0, 0.05) is 36.1 Å². The van der Waals surface area contributed by atoms with E-state index in [1.54, 1.807) is 12.1 Å². The number of hydrogen-bond acceptors (Lipinski definition) is 3. The van der Waals surface area contributed by atoms with E-state index < -0.39 is 0 Å². The first-order valence-electron chi connectivity index (χ1n) is 6.14. The zero-order valence-corrected chi connectivity index (χ0v) is 12.2. The molecule has 0 aliphatic carbocycles. The Hall–Kier alpha value is -1.40. The third kappa shape index (κ3) is 6.35. The summed E-state index contributed by atoms with van der Waals surface area (Å²) in [6, 6.07) is 7.19. The lowest BCUT2D eigenvalue weighted by Gasteiger charge is -2.06. The lowest BCUT2D eigenvalue weighted by Crippen LogP contribution is -2.30. The number of carbonyl (C=O) groups excluding carboxylic acids is 2. The Morgan fingerprint density at radius 2 is 1.95 bits per heavy atom. The predicted molar refractivity (Wildman–Crippen MR) is 77.8 cm³/mol. The fourth-order valence-corrected chi connectivity index (χ4v) is 1.87. The lowest BCUT2D eigenvalue weighted by molar-refractivity contribution is -0.120. The predicted octanol–water partition coefficient (Wildman–Crippen LogP) is 1.03. The molecule has 0 bridgehead atoms. The van der Waals surface area contributed by atoms with E-state index in [0.717, 1.165) is 4.47 Å². The Morgan fingerprint density at radius 3 is 2.63 bits per heavy atom. The maximum Gasteiger partial charge on any atom is 0.251 e. The summed E-state index contributed by atoms with van der Waals surface area (Å²) in [6.45, 7) is 1.41. The van der Waals surface area contributed by atoms with Crippen molar-refractivity contribution in [2.75, 3.05) is 19.6 Å². The van der Waals surface area contributed by atoms with Gasteiger partial charge < -0.3 is 16.4 Å². The lowest BCUT2D eigenvalue weighted by atomic mass is 10.2. The van der Waals surface area contributed by atoms with E-state index in [0.29, 0.717) is 38.0 Å². The number of rotatable bonds is 7. The normalized spacial score (nSPS) is 10.0. The minimum atomic E-state index is -0.116. The Morgan fingerprint density at radius 1 is 1.21 bits per heavy atom. The van der Waals surface area contributed by atoms with Crippen LogP contribution in [0.3, 0.4) is 0 Å². The second kappa shape index (κ2) is 8.66. The average Bonchev–Trinajstić information content (AvgIpc) is 2.38. The fourth-order valence-electron chi connectivity index (χ4n) is 1.47. The van der Waals surface area contributed by atoms with Crippen molar-refractivity contribution in [1.82, 2.24) is 10.6 Å². The summed E-state index contributed by atoms with van der Waals surface area (Å²) in [6.07, 6.45) is 1.03. The summed E-state index contributed by atoms with van der Waals surface area (Å²) in [7, 11) is 0. The summed E-state index contributed by atoms with van der Waals surface area (Å²) < 4.78 is 0.870. The van der Waals surface area contributed by atoms with E-state index in [1.807, 2.05) is 12.1 Å². The van der Waals surface area contributed by atoms with Crippen molar-refractivity contribution in [2.24, 2.45) is 5.73 Å². The summed E-state index contributed by atoms with van der Waals surface area (Å²) in [5.74, 6) is -0.171. The van der Waals surface area contributed by atoms with Crippen molar-refractivity contribution in [3.8, 4) is 0 Å². The van der Waals surface area contributed by atoms with Gasteiger partial charge in [0.1, 0.15) is 0 Å². The Labute approximate surface area is 121 Å². The van der Waals surface area contributed by atoms with Crippen molar-refractivity contribution < 1.29 is 9.59 Å². The minimum absolute atomic E-state index is 0.0548. The molecule has 0 aromatic heterocycles. The maximum atomic E-state index is 11.8. The van der Waals surface area contributed by atoms with Gasteiger partial charge in [0.2, 0.25) is 5.91 Å². The van der Waals surface area contributed by atoms with E-state index in [9.17, 15) is 9.59 Å². The van der Waals surface area contributed by atoms with Crippen molar-refractivity contribution >= 4 is 27.7 Å². The molecule has 1 rings (SSSR count). The maximum absolute atomic E-state index is 11.8. The summed E-state index contributed by atoms with van der Waals surface area (Å²) >= 11 is 3.32. The molecular formula is C13H18BrN3O2. The van der Waals surface area contributed by atoms with Gasteiger partial charge in [-0.15, -0.1) is 0 Å². The second-order valence-electron chi connectivity index (χ2n) is 4.01. The van der Waals surface area contributed by atoms with Gasteiger partial charge in [0.15, 0.2) is 0 Å². The van der Waals surface area contributed by atoms with Crippen molar-refractivity contribution in [3.63, 3.8) is 0 Å². The number of halogens is 1. The first kappa shape index (κ1) is 15.7. The number of carbonyl (C=O) groups is 2. The van der Waals surface area contributed by atoms with Crippen LogP contribution in [0, 0.1) is 0 Å². The highest BCUT2D eigenvalue weighted by atomic mass is 79.9. The number of nitrogens with one attached hydrogen (secondary N) is 2. The molecule has 0 saturated heterocycles. The molecular weight excluding hydrogens is 310 g/mol. The Balaban J connectivity index is 2.19. The molecule has 4 N–H and O–H groups in total. The minimum Gasteiger partial charge on any atom is -0.356 e.